The fourth-order valence-corrected chi connectivity index (χ4v) is 3.66. The largest absolute Gasteiger partial charge is 0.269 e. The first-order valence-corrected chi connectivity index (χ1v) is 9.35. The number of halogens is 2. The van der Waals surface area contributed by atoms with Crippen LogP contribution in [0.25, 0.3) is 11.3 Å². The van der Waals surface area contributed by atoms with Gasteiger partial charge in [-0.3, -0.25) is 9.36 Å². The molecule has 0 N–H and O–H groups in total. The van der Waals surface area contributed by atoms with Gasteiger partial charge in [0.15, 0.2) is 0 Å². The first-order valence-electron chi connectivity index (χ1n) is 8.59. The molecule has 0 amide bonds. The summed E-state index contributed by atoms with van der Waals surface area (Å²) >= 11 is 12.4. The monoisotopic (exact) mass is 376 g/mol. The van der Waals surface area contributed by atoms with Crippen molar-refractivity contribution in [3.8, 4) is 5.69 Å². The van der Waals surface area contributed by atoms with E-state index in [1.165, 1.54) is 4.57 Å². The molecule has 2 aromatic rings. The normalized spacial score (nSPS) is 20.4. The van der Waals surface area contributed by atoms with Crippen molar-refractivity contribution in [2.45, 2.75) is 46.5 Å². The number of nitrogens with zero attached hydrogens (tertiary/aromatic N) is 2. The molecule has 3 rings (SSSR count). The molecule has 132 valence electrons. The van der Waals surface area contributed by atoms with E-state index in [4.69, 9.17) is 23.2 Å². The molecule has 1 aromatic carbocycles. The van der Waals surface area contributed by atoms with Crippen LogP contribution >= 0.6 is 23.2 Å². The topological polar surface area (TPSA) is 34.9 Å². The van der Waals surface area contributed by atoms with Gasteiger partial charge in [0.2, 0.25) is 0 Å². The number of hydrogen-bond donors (Lipinski definition) is 0. The summed E-state index contributed by atoms with van der Waals surface area (Å²) in [6.07, 6.45) is 6.52. The van der Waals surface area contributed by atoms with Gasteiger partial charge in [-0.05, 0) is 49.3 Å². The number of hydrogen-bond acceptors (Lipinski definition) is 2. The molecule has 0 radical (unpaired) electrons. The van der Waals surface area contributed by atoms with Crippen molar-refractivity contribution in [2.75, 3.05) is 0 Å². The van der Waals surface area contributed by atoms with E-state index in [0.717, 1.165) is 37.0 Å². The van der Waals surface area contributed by atoms with Crippen LogP contribution in [0.2, 0.25) is 10.0 Å². The fraction of sp³-hybridized carbons (Fsp3) is 0.400. The number of allylic oxidation sites excluding steroid dienone is 2. The SMILES string of the molecule is CCC1(C)CC=C(c2cc(=O)n(-c3cccc(Cl)c3Cl)c(C)n2)CC1. The second kappa shape index (κ2) is 6.97. The summed E-state index contributed by atoms with van der Waals surface area (Å²) in [5, 5.41) is 0.780. The van der Waals surface area contributed by atoms with Crippen LogP contribution < -0.4 is 5.56 Å². The van der Waals surface area contributed by atoms with E-state index in [0.29, 0.717) is 27.0 Å². The average Bonchev–Trinajstić information content (AvgIpc) is 2.58. The molecule has 25 heavy (non-hydrogen) atoms. The smallest absolute Gasteiger partial charge is 0.258 e. The van der Waals surface area contributed by atoms with Crippen LogP contribution in [-0.4, -0.2) is 9.55 Å². The predicted molar refractivity (Wildman–Crippen MR) is 105 cm³/mol. The third kappa shape index (κ3) is 3.54. The first kappa shape index (κ1) is 18.2. The van der Waals surface area contributed by atoms with E-state index >= 15 is 0 Å². The molecule has 0 spiro atoms. The van der Waals surface area contributed by atoms with Gasteiger partial charge in [-0.25, -0.2) is 4.98 Å². The van der Waals surface area contributed by atoms with Crippen molar-refractivity contribution in [1.82, 2.24) is 9.55 Å². The van der Waals surface area contributed by atoms with Crippen LogP contribution in [0.15, 0.2) is 35.1 Å². The number of benzene rings is 1. The van der Waals surface area contributed by atoms with E-state index in [-0.39, 0.29) is 5.56 Å². The Bertz CT molecular complexity index is 901. The van der Waals surface area contributed by atoms with Crippen LogP contribution in [-0.2, 0) is 0 Å². The Morgan fingerprint density at radius 1 is 1.32 bits per heavy atom. The van der Waals surface area contributed by atoms with Crippen LogP contribution in [0.5, 0.6) is 0 Å². The number of aromatic nitrogens is 2. The van der Waals surface area contributed by atoms with Crippen molar-refractivity contribution in [2.24, 2.45) is 5.41 Å². The maximum Gasteiger partial charge on any atom is 0.258 e. The van der Waals surface area contributed by atoms with Crippen molar-refractivity contribution in [3.05, 3.63) is 62.3 Å². The lowest BCUT2D eigenvalue weighted by Gasteiger charge is -2.31. The Balaban J connectivity index is 2.02. The quantitative estimate of drug-likeness (QED) is 0.674. The minimum atomic E-state index is -0.142. The lowest BCUT2D eigenvalue weighted by Crippen LogP contribution is -2.24. The Kier molecular flexibility index (Phi) is 5.08. The molecule has 0 saturated carbocycles. The van der Waals surface area contributed by atoms with Gasteiger partial charge in [-0.15, -0.1) is 0 Å². The molecule has 5 heteroatoms. The Morgan fingerprint density at radius 2 is 2.08 bits per heavy atom. The highest BCUT2D eigenvalue weighted by Crippen LogP contribution is 2.40. The van der Waals surface area contributed by atoms with Crippen molar-refractivity contribution >= 4 is 28.8 Å². The summed E-state index contributed by atoms with van der Waals surface area (Å²) < 4.78 is 1.51. The molecule has 0 saturated heterocycles. The molecule has 1 unspecified atom stereocenters. The van der Waals surface area contributed by atoms with E-state index in [9.17, 15) is 4.79 Å². The van der Waals surface area contributed by atoms with E-state index in [1.807, 2.05) is 6.92 Å². The van der Waals surface area contributed by atoms with Crippen molar-refractivity contribution in [3.63, 3.8) is 0 Å². The fourth-order valence-electron chi connectivity index (χ4n) is 3.28. The van der Waals surface area contributed by atoms with Gasteiger partial charge in [0.25, 0.3) is 5.56 Å². The third-order valence-corrected chi connectivity index (χ3v) is 6.09. The molecule has 1 aromatic heterocycles. The van der Waals surface area contributed by atoms with Crippen LogP contribution in [0.3, 0.4) is 0 Å². The highest BCUT2D eigenvalue weighted by molar-refractivity contribution is 6.43. The minimum absolute atomic E-state index is 0.142. The van der Waals surface area contributed by atoms with Crippen molar-refractivity contribution in [1.29, 1.82) is 0 Å². The highest BCUT2D eigenvalue weighted by atomic mass is 35.5. The van der Waals surface area contributed by atoms with Gasteiger partial charge < -0.3 is 0 Å². The highest BCUT2D eigenvalue weighted by Gasteiger charge is 2.26. The van der Waals surface area contributed by atoms with Gasteiger partial charge in [0.1, 0.15) is 5.82 Å². The van der Waals surface area contributed by atoms with Gasteiger partial charge in [-0.2, -0.15) is 0 Å². The van der Waals surface area contributed by atoms with Crippen LogP contribution in [0.1, 0.15) is 51.0 Å². The van der Waals surface area contributed by atoms with Gasteiger partial charge in [0, 0.05) is 6.07 Å². The van der Waals surface area contributed by atoms with Crippen LogP contribution in [0, 0.1) is 12.3 Å². The average molecular weight is 377 g/mol. The molecule has 1 atom stereocenters. The first-order chi connectivity index (χ1) is 11.8. The van der Waals surface area contributed by atoms with Crippen LogP contribution in [0.4, 0.5) is 0 Å². The van der Waals surface area contributed by atoms with E-state index in [2.05, 4.69) is 24.9 Å². The summed E-state index contributed by atoms with van der Waals surface area (Å²) in [5.74, 6) is 0.608. The summed E-state index contributed by atoms with van der Waals surface area (Å²) in [7, 11) is 0. The molecule has 1 heterocycles. The lowest BCUT2D eigenvalue weighted by molar-refractivity contribution is 0.284. The molecule has 1 aliphatic rings. The van der Waals surface area contributed by atoms with Gasteiger partial charge in [0.05, 0.1) is 21.4 Å². The van der Waals surface area contributed by atoms with E-state index in [1.54, 1.807) is 24.3 Å². The Labute approximate surface area is 158 Å². The second-order valence-electron chi connectivity index (χ2n) is 7.03. The summed E-state index contributed by atoms with van der Waals surface area (Å²) in [6, 6.07) is 6.85. The lowest BCUT2D eigenvalue weighted by atomic mass is 9.74. The summed E-state index contributed by atoms with van der Waals surface area (Å²) in [5.41, 5.74) is 2.72. The molecule has 0 fully saturated rings. The second-order valence-corrected chi connectivity index (χ2v) is 7.82. The van der Waals surface area contributed by atoms with Gasteiger partial charge >= 0.3 is 0 Å². The standard InChI is InChI=1S/C20H22Cl2N2O/c1-4-20(3)10-8-14(9-11-20)16-12-18(25)24(13(2)23-16)17-7-5-6-15(21)19(17)22/h5-8,12H,4,9-11H2,1-3H3. The molecule has 3 nitrogen and oxygen atoms in total. The maximum atomic E-state index is 12.7. The minimum Gasteiger partial charge on any atom is -0.269 e. The number of aryl methyl sites for hydroxylation is 1. The predicted octanol–water partition coefficient (Wildman–Crippen LogP) is 5.83. The molecule has 0 aliphatic heterocycles. The molecule has 0 bridgehead atoms. The molecular formula is C20H22Cl2N2O. The molecule has 1 aliphatic carbocycles. The third-order valence-electron chi connectivity index (χ3n) is 5.28. The Hall–Kier alpha value is -1.58. The zero-order valence-electron chi connectivity index (χ0n) is 14.8. The Morgan fingerprint density at radius 3 is 2.68 bits per heavy atom. The van der Waals surface area contributed by atoms with Gasteiger partial charge in [-0.1, -0.05) is 55.6 Å². The summed E-state index contributed by atoms with van der Waals surface area (Å²) in [6.45, 7) is 6.37. The molecular weight excluding hydrogens is 355 g/mol. The van der Waals surface area contributed by atoms with E-state index < -0.39 is 0 Å². The zero-order valence-corrected chi connectivity index (χ0v) is 16.3. The summed E-state index contributed by atoms with van der Waals surface area (Å²) in [4.78, 5) is 17.4. The van der Waals surface area contributed by atoms with Crippen molar-refractivity contribution < 1.29 is 0 Å². The zero-order chi connectivity index (χ0) is 18.2. The maximum absolute atomic E-state index is 12.7. The number of rotatable bonds is 3.